The van der Waals surface area contributed by atoms with E-state index in [0.29, 0.717) is 18.8 Å². The predicted molar refractivity (Wildman–Crippen MR) is 48.2 cm³/mol. The second kappa shape index (κ2) is 3.39. The Morgan fingerprint density at radius 3 is 3.14 bits per heavy atom. The molecule has 0 saturated carbocycles. The van der Waals surface area contributed by atoms with Crippen molar-refractivity contribution in [1.82, 2.24) is 15.5 Å². The highest BCUT2D eigenvalue weighted by Crippen LogP contribution is 2.17. The van der Waals surface area contributed by atoms with Gasteiger partial charge in [0.1, 0.15) is 11.9 Å². The monoisotopic (exact) mass is 196 g/mol. The SMILES string of the molecule is CC(N)OC(=O)c1[nH]nc2c1CNC2. The van der Waals surface area contributed by atoms with Crippen LogP contribution in [0.5, 0.6) is 0 Å². The summed E-state index contributed by atoms with van der Waals surface area (Å²) in [4.78, 5) is 11.5. The molecule has 0 saturated heterocycles. The maximum Gasteiger partial charge on any atom is 0.358 e. The molecule has 4 N–H and O–H groups in total. The topological polar surface area (TPSA) is 93.0 Å². The molecule has 1 aromatic rings. The molecule has 1 aliphatic heterocycles. The minimum absolute atomic E-state index is 0.405. The fraction of sp³-hybridized carbons (Fsp3) is 0.500. The average Bonchev–Trinajstić information content (AvgIpc) is 2.59. The first-order chi connectivity index (χ1) is 6.68. The quantitative estimate of drug-likeness (QED) is 0.437. The number of nitrogens with two attached hydrogens (primary N) is 1. The van der Waals surface area contributed by atoms with Crippen LogP contribution in [0.15, 0.2) is 0 Å². The molecule has 76 valence electrons. The van der Waals surface area contributed by atoms with E-state index in [0.717, 1.165) is 11.3 Å². The van der Waals surface area contributed by atoms with Gasteiger partial charge in [-0.1, -0.05) is 0 Å². The Balaban J connectivity index is 2.20. The summed E-state index contributed by atoms with van der Waals surface area (Å²) in [5.41, 5.74) is 7.52. The number of ether oxygens (including phenoxy) is 1. The highest BCUT2D eigenvalue weighted by atomic mass is 16.6. The molecule has 1 unspecified atom stereocenters. The largest absolute Gasteiger partial charge is 0.442 e. The Bertz CT molecular complexity index is 358. The summed E-state index contributed by atoms with van der Waals surface area (Å²) in [5, 5.41) is 9.75. The van der Waals surface area contributed by atoms with E-state index < -0.39 is 12.2 Å². The van der Waals surface area contributed by atoms with Crippen LogP contribution >= 0.6 is 0 Å². The van der Waals surface area contributed by atoms with Crippen molar-refractivity contribution in [3.05, 3.63) is 17.0 Å². The van der Waals surface area contributed by atoms with Gasteiger partial charge in [0, 0.05) is 18.7 Å². The Kier molecular flexibility index (Phi) is 2.22. The summed E-state index contributed by atoms with van der Waals surface area (Å²) < 4.78 is 4.86. The number of rotatable bonds is 2. The lowest BCUT2D eigenvalue weighted by atomic mass is 10.2. The molecule has 0 spiro atoms. The van der Waals surface area contributed by atoms with Crippen LogP contribution in [0.2, 0.25) is 0 Å². The molecule has 2 rings (SSSR count). The van der Waals surface area contributed by atoms with E-state index in [-0.39, 0.29) is 0 Å². The van der Waals surface area contributed by atoms with Crippen molar-refractivity contribution < 1.29 is 9.53 Å². The number of nitrogens with zero attached hydrogens (tertiary/aromatic N) is 1. The number of aromatic nitrogens is 2. The summed E-state index contributed by atoms with van der Waals surface area (Å²) in [6.07, 6.45) is -0.601. The van der Waals surface area contributed by atoms with Gasteiger partial charge in [0.05, 0.1) is 5.69 Å². The molecule has 1 atom stereocenters. The van der Waals surface area contributed by atoms with Gasteiger partial charge in [0.2, 0.25) is 0 Å². The van der Waals surface area contributed by atoms with E-state index in [1.165, 1.54) is 0 Å². The number of H-pyrrole nitrogens is 1. The zero-order chi connectivity index (χ0) is 10.1. The lowest BCUT2D eigenvalue weighted by Gasteiger charge is -2.06. The van der Waals surface area contributed by atoms with Crippen molar-refractivity contribution in [2.45, 2.75) is 26.2 Å². The Morgan fingerprint density at radius 2 is 2.43 bits per heavy atom. The molecule has 0 bridgehead atoms. The second-order valence-electron chi connectivity index (χ2n) is 3.24. The molecule has 0 aliphatic carbocycles. The first-order valence-corrected chi connectivity index (χ1v) is 4.42. The Hall–Kier alpha value is -1.40. The second-order valence-corrected chi connectivity index (χ2v) is 3.24. The van der Waals surface area contributed by atoms with Gasteiger partial charge in [-0.05, 0) is 6.92 Å². The van der Waals surface area contributed by atoms with Crippen LogP contribution < -0.4 is 11.1 Å². The molecular weight excluding hydrogens is 184 g/mol. The number of carbonyl (C=O) groups excluding carboxylic acids is 1. The van der Waals surface area contributed by atoms with E-state index in [9.17, 15) is 4.79 Å². The average molecular weight is 196 g/mol. The molecule has 14 heavy (non-hydrogen) atoms. The number of carbonyl (C=O) groups is 1. The Morgan fingerprint density at radius 1 is 1.64 bits per heavy atom. The maximum atomic E-state index is 11.5. The van der Waals surface area contributed by atoms with Crippen molar-refractivity contribution in [2.75, 3.05) is 0 Å². The van der Waals surface area contributed by atoms with E-state index >= 15 is 0 Å². The number of aromatic amines is 1. The first-order valence-electron chi connectivity index (χ1n) is 4.42. The third-order valence-corrected chi connectivity index (χ3v) is 2.04. The summed E-state index contributed by atoms with van der Waals surface area (Å²) in [6, 6.07) is 0. The minimum atomic E-state index is -0.601. The van der Waals surface area contributed by atoms with Gasteiger partial charge in [-0.2, -0.15) is 5.10 Å². The molecule has 0 amide bonds. The van der Waals surface area contributed by atoms with Crippen LogP contribution in [0.4, 0.5) is 0 Å². The van der Waals surface area contributed by atoms with Gasteiger partial charge < -0.3 is 10.1 Å². The minimum Gasteiger partial charge on any atom is -0.442 e. The van der Waals surface area contributed by atoms with Gasteiger partial charge >= 0.3 is 5.97 Å². The lowest BCUT2D eigenvalue weighted by molar-refractivity contribution is 0.0347. The number of esters is 1. The molecule has 0 fully saturated rings. The maximum absolute atomic E-state index is 11.5. The summed E-state index contributed by atoms with van der Waals surface area (Å²) in [5.74, 6) is -0.447. The van der Waals surface area contributed by atoms with Crippen molar-refractivity contribution in [3.8, 4) is 0 Å². The van der Waals surface area contributed by atoms with Gasteiger partial charge in [0.15, 0.2) is 0 Å². The normalized spacial score (nSPS) is 16.4. The van der Waals surface area contributed by atoms with Crippen molar-refractivity contribution >= 4 is 5.97 Å². The fourth-order valence-corrected chi connectivity index (χ4v) is 1.44. The summed E-state index contributed by atoms with van der Waals surface area (Å²) >= 11 is 0. The smallest absolute Gasteiger partial charge is 0.358 e. The molecular formula is C8H12N4O2. The van der Waals surface area contributed by atoms with Crippen LogP contribution in [0.1, 0.15) is 28.7 Å². The van der Waals surface area contributed by atoms with Crippen molar-refractivity contribution in [3.63, 3.8) is 0 Å². The van der Waals surface area contributed by atoms with E-state index in [1.807, 2.05) is 0 Å². The fourth-order valence-electron chi connectivity index (χ4n) is 1.44. The molecule has 0 radical (unpaired) electrons. The van der Waals surface area contributed by atoms with E-state index in [4.69, 9.17) is 10.5 Å². The molecule has 6 nitrogen and oxygen atoms in total. The number of fused-ring (bicyclic) bond motifs is 1. The van der Waals surface area contributed by atoms with Crippen LogP contribution in [0.3, 0.4) is 0 Å². The van der Waals surface area contributed by atoms with Crippen LogP contribution in [0.25, 0.3) is 0 Å². The lowest BCUT2D eigenvalue weighted by Crippen LogP contribution is -2.24. The van der Waals surface area contributed by atoms with Crippen molar-refractivity contribution in [1.29, 1.82) is 0 Å². The molecule has 2 heterocycles. The number of hydrogen-bond acceptors (Lipinski definition) is 5. The molecule has 0 aromatic carbocycles. The standard InChI is InChI=1S/C8H12N4O2/c1-4(9)14-8(13)7-5-2-10-3-6(5)11-12-7/h4,10H,2-3,9H2,1H3,(H,11,12). The zero-order valence-electron chi connectivity index (χ0n) is 7.83. The van der Waals surface area contributed by atoms with Gasteiger partial charge in [-0.25, -0.2) is 4.79 Å². The highest BCUT2D eigenvalue weighted by molar-refractivity contribution is 5.89. The third-order valence-electron chi connectivity index (χ3n) is 2.04. The van der Waals surface area contributed by atoms with Gasteiger partial charge in [-0.3, -0.25) is 10.8 Å². The number of nitrogens with one attached hydrogen (secondary N) is 2. The third kappa shape index (κ3) is 1.49. The van der Waals surface area contributed by atoms with Crippen LogP contribution in [0, 0.1) is 0 Å². The van der Waals surface area contributed by atoms with Gasteiger partial charge in [-0.15, -0.1) is 0 Å². The summed E-state index contributed by atoms with van der Waals surface area (Å²) in [7, 11) is 0. The van der Waals surface area contributed by atoms with Crippen LogP contribution in [-0.4, -0.2) is 22.4 Å². The van der Waals surface area contributed by atoms with Crippen LogP contribution in [-0.2, 0) is 17.8 Å². The van der Waals surface area contributed by atoms with Gasteiger partial charge in [0.25, 0.3) is 0 Å². The van der Waals surface area contributed by atoms with E-state index in [1.54, 1.807) is 6.92 Å². The molecule has 6 heteroatoms. The highest BCUT2D eigenvalue weighted by Gasteiger charge is 2.23. The van der Waals surface area contributed by atoms with E-state index in [2.05, 4.69) is 15.5 Å². The first kappa shape index (κ1) is 9.17. The Labute approximate surface area is 80.8 Å². The summed E-state index contributed by atoms with van der Waals surface area (Å²) in [6.45, 7) is 2.94. The number of hydrogen-bond donors (Lipinski definition) is 3. The molecule has 1 aliphatic rings. The molecule has 1 aromatic heterocycles. The van der Waals surface area contributed by atoms with Crippen molar-refractivity contribution in [2.24, 2.45) is 5.73 Å². The zero-order valence-corrected chi connectivity index (χ0v) is 7.83. The predicted octanol–water partition coefficient (Wildman–Crippen LogP) is -0.526.